The first-order chi connectivity index (χ1) is 7.31. The molecule has 0 aliphatic rings. The molecule has 2 heteroatoms. The highest BCUT2D eigenvalue weighted by Gasteiger charge is 2.09. The standard InChI is InChI=1S/C13H18N2/c1-4-10-9-15(6-3)12-7-8-14-11(5-2)13(10)12/h7-9H,4-6H2,1-3H3. The van der Waals surface area contributed by atoms with E-state index in [4.69, 9.17) is 0 Å². The number of pyridine rings is 1. The summed E-state index contributed by atoms with van der Waals surface area (Å²) in [7, 11) is 0. The first-order valence-corrected chi connectivity index (χ1v) is 5.77. The van der Waals surface area contributed by atoms with Gasteiger partial charge in [0.15, 0.2) is 0 Å². The summed E-state index contributed by atoms with van der Waals surface area (Å²) in [5.41, 5.74) is 3.99. The van der Waals surface area contributed by atoms with E-state index in [0.29, 0.717) is 0 Å². The molecule has 0 N–H and O–H groups in total. The van der Waals surface area contributed by atoms with E-state index in [2.05, 4.69) is 42.6 Å². The molecule has 15 heavy (non-hydrogen) atoms. The molecule has 0 saturated carbocycles. The first kappa shape index (κ1) is 10.2. The molecular weight excluding hydrogens is 184 g/mol. The van der Waals surface area contributed by atoms with Crippen LogP contribution in [-0.2, 0) is 19.4 Å². The summed E-state index contributed by atoms with van der Waals surface area (Å²) in [6.45, 7) is 7.60. The predicted molar refractivity (Wildman–Crippen MR) is 64.2 cm³/mol. The summed E-state index contributed by atoms with van der Waals surface area (Å²) in [5, 5.41) is 1.38. The van der Waals surface area contributed by atoms with Crippen LogP contribution in [0.25, 0.3) is 10.9 Å². The van der Waals surface area contributed by atoms with Crippen LogP contribution in [0.2, 0.25) is 0 Å². The Balaban J connectivity index is 2.78. The van der Waals surface area contributed by atoms with Crippen molar-refractivity contribution in [2.24, 2.45) is 0 Å². The van der Waals surface area contributed by atoms with Gasteiger partial charge in [0, 0.05) is 30.0 Å². The van der Waals surface area contributed by atoms with Gasteiger partial charge in [0.05, 0.1) is 5.52 Å². The van der Waals surface area contributed by atoms with Gasteiger partial charge in [-0.05, 0) is 31.4 Å². The van der Waals surface area contributed by atoms with Crippen LogP contribution in [0.1, 0.15) is 32.0 Å². The van der Waals surface area contributed by atoms with Gasteiger partial charge in [0.25, 0.3) is 0 Å². The third-order valence-electron chi connectivity index (χ3n) is 3.01. The lowest BCUT2D eigenvalue weighted by atomic mass is 10.1. The van der Waals surface area contributed by atoms with Crippen molar-refractivity contribution in [1.29, 1.82) is 0 Å². The molecule has 0 fully saturated rings. The summed E-state index contributed by atoms with van der Waals surface area (Å²) in [6.07, 6.45) is 6.29. The second-order valence-corrected chi connectivity index (χ2v) is 3.80. The molecule has 2 heterocycles. The van der Waals surface area contributed by atoms with Crippen molar-refractivity contribution in [3.05, 3.63) is 29.7 Å². The van der Waals surface area contributed by atoms with Crippen molar-refractivity contribution < 1.29 is 0 Å². The fourth-order valence-electron chi connectivity index (χ4n) is 2.20. The monoisotopic (exact) mass is 202 g/mol. The van der Waals surface area contributed by atoms with Crippen molar-refractivity contribution in [2.45, 2.75) is 40.2 Å². The highest BCUT2D eigenvalue weighted by molar-refractivity contribution is 5.86. The van der Waals surface area contributed by atoms with E-state index in [1.54, 1.807) is 0 Å². The molecule has 2 aromatic rings. The Kier molecular flexibility index (Phi) is 2.76. The highest BCUT2D eigenvalue weighted by atomic mass is 15.0. The van der Waals surface area contributed by atoms with Gasteiger partial charge in [0.2, 0.25) is 0 Å². The van der Waals surface area contributed by atoms with Crippen LogP contribution in [0.3, 0.4) is 0 Å². The Morgan fingerprint density at radius 3 is 2.60 bits per heavy atom. The fourth-order valence-corrected chi connectivity index (χ4v) is 2.20. The van der Waals surface area contributed by atoms with E-state index in [0.717, 1.165) is 19.4 Å². The molecule has 2 nitrogen and oxygen atoms in total. The van der Waals surface area contributed by atoms with Crippen LogP contribution < -0.4 is 0 Å². The molecule has 0 aliphatic carbocycles. The van der Waals surface area contributed by atoms with Gasteiger partial charge in [-0.15, -0.1) is 0 Å². The molecule has 0 aromatic carbocycles. The number of nitrogens with zero attached hydrogens (tertiary/aromatic N) is 2. The molecule has 0 bridgehead atoms. The topological polar surface area (TPSA) is 17.8 Å². The van der Waals surface area contributed by atoms with Gasteiger partial charge in [-0.25, -0.2) is 0 Å². The Hall–Kier alpha value is -1.31. The number of aryl methyl sites for hydroxylation is 3. The second kappa shape index (κ2) is 4.05. The maximum atomic E-state index is 4.47. The Morgan fingerprint density at radius 1 is 1.20 bits per heavy atom. The Labute approximate surface area is 90.9 Å². The molecule has 0 aliphatic heterocycles. The minimum absolute atomic E-state index is 1.01. The van der Waals surface area contributed by atoms with Crippen molar-refractivity contribution in [2.75, 3.05) is 0 Å². The molecule has 2 aromatic heterocycles. The number of hydrogen-bond acceptors (Lipinski definition) is 1. The molecule has 2 rings (SSSR count). The smallest absolute Gasteiger partial charge is 0.0516 e. The SMILES string of the molecule is CCc1cn(CC)c2ccnc(CC)c12. The van der Waals surface area contributed by atoms with Crippen LogP contribution in [0.5, 0.6) is 0 Å². The quantitative estimate of drug-likeness (QED) is 0.747. The lowest BCUT2D eigenvalue weighted by molar-refractivity contribution is 0.792. The number of aromatic nitrogens is 2. The third-order valence-corrected chi connectivity index (χ3v) is 3.01. The molecular formula is C13H18N2. The molecule has 0 atom stereocenters. The van der Waals surface area contributed by atoms with Crippen molar-refractivity contribution in [1.82, 2.24) is 9.55 Å². The normalized spacial score (nSPS) is 11.1. The van der Waals surface area contributed by atoms with Crippen LogP contribution in [-0.4, -0.2) is 9.55 Å². The second-order valence-electron chi connectivity index (χ2n) is 3.80. The van der Waals surface area contributed by atoms with Gasteiger partial charge in [0.1, 0.15) is 0 Å². The number of hydrogen-bond donors (Lipinski definition) is 0. The molecule has 0 unspecified atom stereocenters. The van der Waals surface area contributed by atoms with E-state index in [1.807, 2.05) is 6.20 Å². The molecule has 0 saturated heterocycles. The van der Waals surface area contributed by atoms with Gasteiger partial charge in [-0.3, -0.25) is 4.98 Å². The zero-order valence-electron chi connectivity index (χ0n) is 9.75. The van der Waals surface area contributed by atoms with Crippen molar-refractivity contribution in [3.8, 4) is 0 Å². The molecule has 80 valence electrons. The zero-order valence-corrected chi connectivity index (χ0v) is 9.75. The van der Waals surface area contributed by atoms with E-state index >= 15 is 0 Å². The fraction of sp³-hybridized carbons (Fsp3) is 0.462. The summed E-state index contributed by atoms with van der Waals surface area (Å²) in [6, 6.07) is 2.12. The van der Waals surface area contributed by atoms with E-state index in [-0.39, 0.29) is 0 Å². The zero-order chi connectivity index (χ0) is 10.8. The first-order valence-electron chi connectivity index (χ1n) is 5.77. The summed E-state index contributed by atoms with van der Waals surface area (Å²) < 4.78 is 2.31. The number of fused-ring (bicyclic) bond motifs is 1. The van der Waals surface area contributed by atoms with Gasteiger partial charge in [-0.2, -0.15) is 0 Å². The molecule has 0 spiro atoms. The summed E-state index contributed by atoms with van der Waals surface area (Å²) in [5.74, 6) is 0. The van der Waals surface area contributed by atoms with Gasteiger partial charge < -0.3 is 4.57 Å². The van der Waals surface area contributed by atoms with E-state index in [1.165, 1.54) is 22.2 Å². The number of rotatable bonds is 3. The van der Waals surface area contributed by atoms with Crippen LogP contribution in [0, 0.1) is 0 Å². The summed E-state index contributed by atoms with van der Waals surface area (Å²) >= 11 is 0. The van der Waals surface area contributed by atoms with Crippen LogP contribution >= 0.6 is 0 Å². The minimum Gasteiger partial charge on any atom is -0.347 e. The third kappa shape index (κ3) is 1.54. The Bertz CT molecular complexity index is 469. The largest absolute Gasteiger partial charge is 0.347 e. The van der Waals surface area contributed by atoms with Crippen molar-refractivity contribution >= 4 is 10.9 Å². The van der Waals surface area contributed by atoms with E-state index < -0.39 is 0 Å². The van der Waals surface area contributed by atoms with Crippen LogP contribution in [0.15, 0.2) is 18.5 Å². The maximum absolute atomic E-state index is 4.47. The van der Waals surface area contributed by atoms with Gasteiger partial charge >= 0.3 is 0 Å². The highest BCUT2D eigenvalue weighted by Crippen LogP contribution is 2.24. The maximum Gasteiger partial charge on any atom is 0.0516 e. The lowest BCUT2D eigenvalue weighted by Crippen LogP contribution is -1.92. The van der Waals surface area contributed by atoms with Crippen LogP contribution in [0.4, 0.5) is 0 Å². The summed E-state index contributed by atoms with van der Waals surface area (Å²) in [4.78, 5) is 4.47. The minimum atomic E-state index is 1.01. The van der Waals surface area contributed by atoms with Crippen molar-refractivity contribution in [3.63, 3.8) is 0 Å². The molecule has 0 amide bonds. The Morgan fingerprint density at radius 2 is 2.00 bits per heavy atom. The predicted octanol–water partition coefficient (Wildman–Crippen LogP) is 3.18. The molecule has 0 radical (unpaired) electrons. The van der Waals surface area contributed by atoms with Gasteiger partial charge in [-0.1, -0.05) is 13.8 Å². The lowest BCUT2D eigenvalue weighted by Gasteiger charge is -2.02. The average molecular weight is 202 g/mol. The van der Waals surface area contributed by atoms with E-state index in [9.17, 15) is 0 Å². The average Bonchev–Trinajstić information content (AvgIpc) is 2.66.